The molecular formula is C9H9N5O. The van der Waals surface area contributed by atoms with Gasteiger partial charge in [0.15, 0.2) is 0 Å². The molecule has 1 aromatic heterocycles. The van der Waals surface area contributed by atoms with E-state index in [0.29, 0.717) is 11.4 Å². The molecule has 0 spiro atoms. The molecule has 6 nitrogen and oxygen atoms in total. The summed E-state index contributed by atoms with van der Waals surface area (Å²) in [5.74, 6) is -0.163. The van der Waals surface area contributed by atoms with Crippen molar-refractivity contribution in [3.05, 3.63) is 36.4 Å². The van der Waals surface area contributed by atoms with Crippen molar-refractivity contribution >= 4 is 17.3 Å². The lowest BCUT2D eigenvalue weighted by atomic mass is 10.3. The van der Waals surface area contributed by atoms with Gasteiger partial charge in [-0.15, -0.1) is 0 Å². The van der Waals surface area contributed by atoms with Gasteiger partial charge in [0.1, 0.15) is 6.33 Å². The van der Waals surface area contributed by atoms with Gasteiger partial charge in [0.25, 0.3) is 5.91 Å². The Morgan fingerprint density at radius 2 is 2.07 bits per heavy atom. The fraction of sp³-hybridized carbons (Fsp3) is 0. The van der Waals surface area contributed by atoms with E-state index in [2.05, 4.69) is 20.5 Å². The van der Waals surface area contributed by atoms with Gasteiger partial charge >= 0.3 is 0 Å². The molecule has 1 heterocycles. The molecule has 0 bridgehead atoms. The Balaban J connectivity index is 2.09. The van der Waals surface area contributed by atoms with Gasteiger partial charge < -0.3 is 11.1 Å². The molecule has 0 fully saturated rings. The Hall–Kier alpha value is -2.37. The zero-order valence-corrected chi connectivity index (χ0v) is 7.77. The summed E-state index contributed by atoms with van der Waals surface area (Å²) in [5.41, 5.74) is 6.81. The van der Waals surface area contributed by atoms with Crippen LogP contribution in [0.15, 0.2) is 30.6 Å². The molecule has 0 saturated carbocycles. The monoisotopic (exact) mass is 203 g/mol. The van der Waals surface area contributed by atoms with Gasteiger partial charge in [-0.3, -0.25) is 9.89 Å². The van der Waals surface area contributed by atoms with E-state index in [1.54, 1.807) is 24.3 Å². The minimum Gasteiger partial charge on any atom is -0.399 e. The fourth-order valence-corrected chi connectivity index (χ4v) is 1.07. The number of amides is 1. The van der Waals surface area contributed by atoms with Crippen LogP contribution in [0.25, 0.3) is 0 Å². The summed E-state index contributed by atoms with van der Waals surface area (Å²) in [7, 11) is 0. The van der Waals surface area contributed by atoms with Crippen LogP contribution < -0.4 is 11.1 Å². The van der Waals surface area contributed by atoms with Gasteiger partial charge in [-0.1, -0.05) is 0 Å². The first kappa shape index (κ1) is 9.20. The predicted octanol–water partition coefficient (Wildman–Crippen LogP) is 0.639. The summed E-state index contributed by atoms with van der Waals surface area (Å²) < 4.78 is 0. The molecule has 0 radical (unpaired) electrons. The van der Waals surface area contributed by atoms with Crippen molar-refractivity contribution in [1.82, 2.24) is 15.2 Å². The molecule has 0 atom stereocenters. The summed E-state index contributed by atoms with van der Waals surface area (Å²) in [4.78, 5) is 15.2. The Kier molecular flexibility index (Phi) is 2.32. The highest BCUT2D eigenvalue weighted by atomic mass is 16.2. The summed E-state index contributed by atoms with van der Waals surface area (Å²) in [6, 6.07) is 6.83. The van der Waals surface area contributed by atoms with E-state index < -0.39 is 0 Å². The number of benzene rings is 1. The number of hydrogen-bond donors (Lipinski definition) is 3. The molecule has 0 aliphatic rings. The SMILES string of the molecule is Nc1ccc(NC(=O)c2ncn[nH]2)cc1. The number of rotatable bonds is 2. The molecular weight excluding hydrogens is 194 g/mol. The first-order chi connectivity index (χ1) is 7.25. The number of nitrogens with two attached hydrogens (primary N) is 1. The highest BCUT2D eigenvalue weighted by molar-refractivity contribution is 6.01. The largest absolute Gasteiger partial charge is 0.399 e. The number of hydrogen-bond acceptors (Lipinski definition) is 4. The second-order valence-corrected chi connectivity index (χ2v) is 2.91. The fourth-order valence-electron chi connectivity index (χ4n) is 1.07. The van der Waals surface area contributed by atoms with Crippen molar-refractivity contribution in [1.29, 1.82) is 0 Å². The summed E-state index contributed by atoms with van der Waals surface area (Å²) in [5, 5.41) is 8.70. The number of nitrogens with one attached hydrogen (secondary N) is 2. The zero-order valence-electron chi connectivity index (χ0n) is 7.77. The number of carbonyl (C=O) groups is 1. The van der Waals surface area contributed by atoms with E-state index in [0.717, 1.165) is 0 Å². The molecule has 1 amide bonds. The van der Waals surface area contributed by atoms with Crippen LogP contribution in [0.1, 0.15) is 10.6 Å². The lowest BCUT2D eigenvalue weighted by Gasteiger charge is -2.02. The number of aromatic nitrogens is 3. The lowest BCUT2D eigenvalue weighted by Crippen LogP contribution is -2.13. The van der Waals surface area contributed by atoms with Crippen LogP contribution in [0, 0.1) is 0 Å². The van der Waals surface area contributed by atoms with E-state index in [1.807, 2.05) is 0 Å². The van der Waals surface area contributed by atoms with E-state index >= 15 is 0 Å². The Morgan fingerprint density at radius 1 is 1.33 bits per heavy atom. The number of carbonyl (C=O) groups excluding carboxylic acids is 1. The third-order valence-electron chi connectivity index (χ3n) is 1.80. The minimum absolute atomic E-state index is 0.173. The first-order valence-corrected chi connectivity index (χ1v) is 4.28. The van der Waals surface area contributed by atoms with Crippen molar-refractivity contribution in [2.24, 2.45) is 0 Å². The van der Waals surface area contributed by atoms with Crippen molar-refractivity contribution in [2.45, 2.75) is 0 Å². The van der Waals surface area contributed by atoms with E-state index in [4.69, 9.17) is 5.73 Å². The Morgan fingerprint density at radius 3 is 2.67 bits per heavy atom. The topological polar surface area (TPSA) is 96.7 Å². The van der Waals surface area contributed by atoms with E-state index in [1.165, 1.54) is 6.33 Å². The van der Waals surface area contributed by atoms with Crippen LogP contribution in [0.2, 0.25) is 0 Å². The average Bonchev–Trinajstić information content (AvgIpc) is 2.74. The summed E-state index contributed by atoms with van der Waals surface area (Å²) in [6.07, 6.45) is 1.28. The van der Waals surface area contributed by atoms with Crippen LogP contribution in [-0.2, 0) is 0 Å². The number of anilines is 2. The molecule has 76 valence electrons. The second-order valence-electron chi connectivity index (χ2n) is 2.91. The third-order valence-corrected chi connectivity index (χ3v) is 1.80. The molecule has 0 saturated heterocycles. The van der Waals surface area contributed by atoms with Gasteiger partial charge in [-0.05, 0) is 24.3 Å². The maximum atomic E-state index is 11.5. The molecule has 6 heteroatoms. The maximum absolute atomic E-state index is 11.5. The smallest absolute Gasteiger partial charge is 0.292 e. The third kappa shape index (κ3) is 2.11. The molecule has 0 aliphatic carbocycles. The number of aromatic amines is 1. The predicted molar refractivity (Wildman–Crippen MR) is 55.2 cm³/mol. The molecule has 2 rings (SSSR count). The molecule has 15 heavy (non-hydrogen) atoms. The highest BCUT2D eigenvalue weighted by Crippen LogP contribution is 2.10. The van der Waals surface area contributed by atoms with Crippen LogP contribution in [0.5, 0.6) is 0 Å². The van der Waals surface area contributed by atoms with Crippen LogP contribution in [0.3, 0.4) is 0 Å². The number of H-pyrrole nitrogens is 1. The maximum Gasteiger partial charge on any atom is 0.292 e. The van der Waals surface area contributed by atoms with Gasteiger partial charge in [-0.25, -0.2) is 4.98 Å². The lowest BCUT2D eigenvalue weighted by molar-refractivity contribution is 0.101. The van der Waals surface area contributed by atoms with E-state index in [9.17, 15) is 4.79 Å². The van der Waals surface area contributed by atoms with Crippen LogP contribution >= 0.6 is 0 Å². The quantitative estimate of drug-likeness (QED) is 0.624. The van der Waals surface area contributed by atoms with Crippen molar-refractivity contribution in [3.63, 3.8) is 0 Å². The summed E-state index contributed by atoms with van der Waals surface area (Å²) >= 11 is 0. The normalized spacial score (nSPS) is 9.87. The van der Waals surface area contributed by atoms with Gasteiger partial charge in [0, 0.05) is 11.4 Å². The van der Waals surface area contributed by atoms with Crippen LogP contribution in [-0.4, -0.2) is 21.1 Å². The van der Waals surface area contributed by atoms with Crippen molar-refractivity contribution in [2.75, 3.05) is 11.1 Å². The standard InChI is InChI=1S/C9H9N5O/c10-6-1-3-7(4-2-6)13-9(15)8-11-5-12-14-8/h1-5H,10H2,(H,13,15)(H,11,12,14). The molecule has 0 aliphatic heterocycles. The van der Waals surface area contributed by atoms with Crippen LogP contribution in [0.4, 0.5) is 11.4 Å². The Bertz CT molecular complexity index is 448. The van der Waals surface area contributed by atoms with Crippen molar-refractivity contribution < 1.29 is 4.79 Å². The van der Waals surface area contributed by atoms with Gasteiger partial charge in [0.2, 0.25) is 5.82 Å². The zero-order chi connectivity index (χ0) is 10.7. The number of nitrogens with zero attached hydrogens (tertiary/aromatic N) is 2. The Labute approximate surface area is 85.5 Å². The first-order valence-electron chi connectivity index (χ1n) is 4.28. The molecule has 1 aromatic carbocycles. The minimum atomic E-state index is -0.336. The molecule has 2 aromatic rings. The van der Waals surface area contributed by atoms with Gasteiger partial charge in [-0.2, -0.15) is 5.10 Å². The van der Waals surface area contributed by atoms with Gasteiger partial charge in [0.05, 0.1) is 0 Å². The second kappa shape index (κ2) is 3.79. The summed E-state index contributed by atoms with van der Waals surface area (Å²) in [6.45, 7) is 0. The number of nitrogen functional groups attached to an aromatic ring is 1. The van der Waals surface area contributed by atoms with Crippen molar-refractivity contribution in [3.8, 4) is 0 Å². The average molecular weight is 203 g/mol. The molecule has 0 unspecified atom stereocenters. The highest BCUT2D eigenvalue weighted by Gasteiger charge is 2.07. The molecule has 4 N–H and O–H groups in total. The van der Waals surface area contributed by atoms with E-state index in [-0.39, 0.29) is 11.7 Å².